The van der Waals surface area contributed by atoms with Gasteiger partial charge in [0.1, 0.15) is 12.0 Å². The van der Waals surface area contributed by atoms with Gasteiger partial charge in [-0.2, -0.15) is 0 Å². The Labute approximate surface area is 89.3 Å². The summed E-state index contributed by atoms with van der Waals surface area (Å²) in [6.45, 7) is 0.886. The standard InChI is InChI=1S/C12H13N2O/c1-14(2)9-10-5-3-4-6-11(10)12-7-8-15-13-12/h3-6,8H,9H2,1-2H3. The van der Waals surface area contributed by atoms with E-state index in [2.05, 4.69) is 22.2 Å². The number of rotatable bonds is 3. The Kier molecular flexibility index (Phi) is 2.83. The van der Waals surface area contributed by atoms with Gasteiger partial charge in [0.2, 0.25) is 0 Å². The van der Waals surface area contributed by atoms with Crippen LogP contribution in [-0.4, -0.2) is 24.2 Å². The highest BCUT2D eigenvalue weighted by molar-refractivity contribution is 5.62. The molecule has 0 aliphatic heterocycles. The zero-order valence-electron chi connectivity index (χ0n) is 8.90. The summed E-state index contributed by atoms with van der Waals surface area (Å²) in [5, 5.41) is 3.91. The molecule has 0 fully saturated rings. The third kappa shape index (κ3) is 2.25. The van der Waals surface area contributed by atoms with Crippen LogP contribution < -0.4 is 0 Å². The molecule has 77 valence electrons. The van der Waals surface area contributed by atoms with Gasteiger partial charge in [-0.25, -0.2) is 0 Å². The third-order valence-electron chi connectivity index (χ3n) is 2.15. The largest absolute Gasteiger partial charge is 0.363 e. The highest BCUT2D eigenvalue weighted by Crippen LogP contribution is 2.21. The molecule has 0 amide bonds. The second kappa shape index (κ2) is 4.28. The van der Waals surface area contributed by atoms with Crippen LogP contribution in [0.25, 0.3) is 11.3 Å². The van der Waals surface area contributed by atoms with Crippen LogP contribution in [0.2, 0.25) is 0 Å². The van der Waals surface area contributed by atoms with Crippen LogP contribution in [0.15, 0.2) is 35.1 Å². The maximum absolute atomic E-state index is 4.81. The lowest BCUT2D eigenvalue weighted by Crippen LogP contribution is -2.11. The van der Waals surface area contributed by atoms with Crippen molar-refractivity contribution in [2.75, 3.05) is 14.1 Å². The molecule has 1 radical (unpaired) electrons. The van der Waals surface area contributed by atoms with E-state index >= 15 is 0 Å². The Morgan fingerprint density at radius 2 is 2.13 bits per heavy atom. The molecule has 0 N–H and O–H groups in total. The van der Waals surface area contributed by atoms with Crippen LogP contribution in [0.1, 0.15) is 5.56 Å². The molecule has 3 heteroatoms. The fourth-order valence-corrected chi connectivity index (χ4v) is 1.54. The Bertz CT molecular complexity index is 421. The van der Waals surface area contributed by atoms with E-state index in [1.807, 2.05) is 32.3 Å². The maximum atomic E-state index is 4.81. The predicted molar refractivity (Wildman–Crippen MR) is 58.2 cm³/mol. The minimum absolute atomic E-state index is 0.771. The van der Waals surface area contributed by atoms with Gasteiger partial charge >= 0.3 is 0 Å². The Morgan fingerprint density at radius 3 is 2.80 bits per heavy atom. The van der Waals surface area contributed by atoms with Crippen LogP contribution in [0, 0.1) is 6.07 Å². The Hall–Kier alpha value is -1.61. The molecule has 0 spiro atoms. The zero-order valence-corrected chi connectivity index (χ0v) is 8.90. The quantitative estimate of drug-likeness (QED) is 0.762. The second-order valence-electron chi connectivity index (χ2n) is 3.70. The normalized spacial score (nSPS) is 10.9. The van der Waals surface area contributed by atoms with E-state index in [1.165, 1.54) is 11.8 Å². The van der Waals surface area contributed by atoms with Gasteiger partial charge in [0.25, 0.3) is 0 Å². The number of aromatic nitrogens is 1. The van der Waals surface area contributed by atoms with Crippen molar-refractivity contribution in [3.63, 3.8) is 0 Å². The van der Waals surface area contributed by atoms with E-state index in [-0.39, 0.29) is 0 Å². The molecule has 2 rings (SSSR count). The van der Waals surface area contributed by atoms with Crippen molar-refractivity contribution in [2.24, 2.45) is 0 Å². The molecule has 0 saturated carbocycles. The number of hydrogen-bond donors (Lipinski definition) is 0. The van der Waals surface area contributed by atoms with E-state index in [1.54, 1.807) is 0 Å². The zero-order chi connectivity index (χ0) is 10.7. The van der Waals surface area contributed by atoms with E-state index in [0.29, 0.717) is 0 Å². The van der Waals surface area contributed by atoms with Crippen LogP contribution in [0.5, 0.6) is 0 Å². The summed E-state index contributed by atoms with van der Waals surface area (Å²) < 4.78 is 4.81. The van der Waals surface area contributed by atoms with Gasteiger partial charge in [0, 0.05) is 12.1 Å². The van der Waals surface area contributed by atoms with Crippen molar-refractivity contribution in [1.29, 1.82) is 0 Å². The Morgan fingerprint density at radius 1 is 1.33 bits per heavy atom. The maximum Gasteiger partial charge on any atom is 0.132 e. The number of benzene rings is 1. The number of nitrogens with zero attached hydrogens (tertiary/aromatic N) is 2. The highest BCUT2D eigenvalue weighted by atomic mass is 16.5. The smallest absolute Gasteiger partial charge is 0.132 e. The SMILES string of the molecule is CN(C)Cc1ccccc1-c1[c]con1. The topological polar surface area (TPSA) is 29.3 Å². The molecule has 2 aromatic rings. The van der Waals surface area contributed by atoms with Crippen LogP contribution in [-0.2, 0) is 6.54 Å². The molecule has 15 heavy (non-hydrogen) atoms. The third-order valence-corrected chi connectivity index (χ3v) is 2.15. The predicted octanol–water partition coefficient (Wildman–Crippen LogP) is 2.20. The summed E-state index contributed by atoms with van der Waals surface area (Å²) in [7, 11) is 4.09. The Balaban J connectivity index is 2.38. The molecular weight excluding hydrogens is 188 g/mol. The second-order valence-corrected chi connectivity index (χ2v) is 3.70. The first kappa shape index (κ1) is 9.93. The molecule has 0 bridgehead atoms. The van der Waals surface area contributed by atoms with Crippen molar-refractivity contribution >= 4 is 0 Å². The van der Waals surface area contributed by atoms with Crippen molar-refractivity contribution in [3.8, 4) is 11.3 Å². The fraction of sp³-hybridized carbons (Fsp3) is 0.250. The van der Waals surface area contributed by atoms with Gasteiger partial charge in [-0.15, -0.1) is 0 Å². The lowest BCUT2D eigenvalue weighted by atomic mass is 10.0. The average Bonchev–Trinajstić information content (AvgIpc) is 2.70. The van der Waals surface area contributed by atoms with Crippen LogP contribution in [0.3, 0.4) is 0 Å². The molecule has 0 unspecified atom stereocenters. The lowest BCUT2D eigenvalue weighted by molar-refractivity contribution is 0.402. The van der Waals surface area contributed by atoms with Crippen molar-refractivity contribution in [1.82, 2.24) is 10.1 Å². The van der Waals surface area contributed by atoms with E-state index in [0.717, 1.165) is 17.8 Å². The van der Waals surface area contributed by atoms with Crippen LogP contribution in [0.4, 0.5) is 0 Å². The molecular formula is C12H13N2O. The summed E-state index contributed by atoms with van der Waals surface area (Å²) in [6.07, 6.45) is 1.47. The van der Waals surface area contributed by atoms with Gasteiger partial charge < -0.3 is 9.42 Å². The molecule has 0 aliphatic carbocycles. The summed E-state index contributed by atoms with van der Waals surface area (Å²) in [6, 6.07) is 11.1. The first-order valence-corrected chi connectivity index (χ1v) is 4.82. The lowest BCUT2D eigenvalue weighted by Gasteiger charge is -2.12. The van der Waals surface area contributed by atoms with Gasteiger partial charge in [-0.3, -0.25) is 0 Å². The molecule has 1 heterocycles. The average molecular weight is 201 g/mol. The minimum Gasteiger partial charge on any atom is -0.363 e. The van der Waals surface area contributed by atoms with E-state index in [9.17, 15) is 0 Å². The van der Waals surface area contributed by atoms with Gasteiger partial charge in [0.05, 0.1) is 6.07 Å². The van der Waals surface area contributed by atoms with Crippen molar-refractivity contribution < 1.29 is 4.52 Å². The summed E-state index contributed by atoms with van der Waals surface area (Å²) >= 11 is 0. The monoisotopic (exact) mass is 201 g/mol. The molecule has 0 aliphatic rings. The van der Waals surface area contributed by atoms with Gasteiger partial charge in [-0.1, -0.05) is 29.4 Å². The molecule has 3 nitrogen and oxygen atoms in total. The number of hydrogen-bond acceptors (Lipinski definition) is 3. The molecule has 1 aromatic heterocycles. The molecule has 0 atom stereocenters. The first-order chi connectivity index (χ1) is 7.27. The minimum atomic E-state index is 0.771. The van der Waals surface area contributed by atoms with Gasteiger partial charge in [0.15, 0.2) is 0 Å². The summed E-state index contributed by atoms with van der Waals surface area (Å²) in [4.78, 5) is 2.12. The first-order valence-electron chi connectivity index (χ1n) is 4.82. The molecule has 0 saturated heterocycles. The highest BCUT2D eigenvalue weighted by Gasteiger charge is 2.07. The van der Waals surface area contributed by atoms with Gasteiger partial charge in [-0.05, 0) is 19.7 Å². The summed E-state index contributed by atoms with van der Waals surface area (Å²) in [5.41, 5.74) is 3.08. The van der Waals surface area contributed by atoms with E-state index in [4.69, 9.17) is 4.52 Å². The van der Waals surface area contributed by atoms with Crippen molar-refractivity contribution in [3.05, 3.63) is 42.2 Å². The summed E-state index contributed by atoms with van der Waals surface area (Å²) in [5.74, 6) is 0. The molecule has 1 aromatic carbocycles. The fourth-order valence-electron chi connectivity index (χ4n) is 1.54. The van der Waals surface area contributed by atoms with E-state index < -0.39 is 0 Å². The van der Waals surface area contributed by atoms with Crippen LogP contribution >= 0.6 is 0 Å². The van der Waals surface area contributed by atoms with Crippen molar-refractivity contribution in [2.45, 2.75) is 6.54 Å².